The molecule has 0 bridgehead atoms. The zero-order valence-electron chi connectivity index (χ0n) is 15.6. The average molecular weight is 375 g/mol. The first-order chi connectivity index (χ1) is 13.7. The fourth-order valence-electron chi connectivity index (χ4n) is 3.40. The first-order valence-corrected chi connectivity index (χ1v) is 9.21. The van der Waals surface area contributed by atoms with Gasteiger partial charge in [-0.3, -0.25) is 4.79 Å². The minimum absolute atomic E-state index is 0.458. The van der Waals surface area contributed by atoms with Crippen molar-refractivity contribution in [2.24, 2.45) is 5.73 Å². The van der Waals surface area contributed by atoms with E-state index in [1.807, 2.05) is 66.1 Å². The minimum atomic E-state index is -0.467. The number of hydrogen-bond donors (Lipinski definition) is 1. The molecule has 2 N–H and O–H groups in total. The molecule has 0 radical (unpaired) electrons. The zero-order valence-corrected chi connectivity index (χ0v) is 15.6. The first kappa shape index (κ1) is 17.9. The lowest BCUT2D eigenvalue weighted by atomic mass is 10.1. The summed E-state index contributed by atoms with van der Waals surface area (Å²) in [4.78, 5) is 16.4. The van der Waals surface area contributed by atoms with Crippen LogP contribution in [-0.2, 0) is 6.42 Å². The van der Waals surface area contributed by atoms with Gasteiger partial charge in [0, 0.05) is 24.9 Å². The molecule has 3 aromatic heterocycles. The molecule has 0 saturated carbocycles. The van der Waals surface area contributed by atoms with E-state index in [0.29, 0.717) is 36.8 Å². The van der Waals surface area contributed by atoms with E-state index in [1.165, 1.54) is 0 Å². The Labute approximate surface area is 162 Å². The van der Waals surface area contributed by atoms with Gasteiger partial charge in [0.15, 0.2) is 0 Å². The fraction of sp³-hybridized carbons (Fsp3) is 0.182. The molecule has 1 amide bonds. The van der Waals surface area contributed by atoms with Crippen molar-refractivity contribution in [1.29, 1.82) is 0 Å². The van der Waals surface area contributed by atoms with Gasteiger partial charge in [-0.25, -0.2) is 4.98 Å². The summed E-state index contributed by atoms with van der Waals surface area (Å²) in [6, 6.07) is 15.3. The monoisotopic (exact) mass is 375 g/mol. The molecule has 0 spiro atoms. The van der Waals surface area contributed by atoms with Crippen LogP contribution in [0.2, 0.25) is 0 Å². The Balaban J connectivity index is 1.61. The van der Waals surface area contributed by atoms with E-state index >= 15 is 0 Å². The van der Waals surface area contributed by atoms with Crippen molar-refractivity contribution < 1.29 is 14.3 Å². The number of rotatable bonds is 7. The molecule has 4 rings (SSSR count). The van der Waals surface area contributed by atoms with Gasteiger partial charge in [-0.05, 0) is 36.8 Å². The lowest BCUT2D eigenvalue weighted by molar-refractivity contribution is 0.100. The highest BCUT2D eigenvalue weighted by atomic mass is 16.5. The summed E-state index contributed by atoms with van der Waals surface area (Å²) < 4.78 is 13.4. The lowest BCUT2D eigenvalue weighted by Gasteiger charge is -2.09. The standard InChI is InChI=1S/C22H21N3O3/c1-2-27-19-10-9-15(14-24-19)11-13-28-18-8-5-7-16-20(18)21(22(23)26)17-6-3-4-12-25(16)17/h3-10,12,14H,2,11,13H2,1H3,(H2,23,26). The Morgan fingerprint density at radius 3 is 2.68 bits per heavy atom. The number of nitrogens with zero attached hydrogens (tertiary/aromatic N) is 2. The van der Waals surface area contributed by atoms with E-state index in [0.717, 1.165) is 22.0 Å². The molecule has 0 aliphatic carbocycles. The van der Waals surface area contributed by atoms with Crippen molar-refractivity contribution in [3.63, 3.8) is 0 Å². The van der Waals surface area contributed by atoms with E-state index in [2.05, 4.69) is 4.98 Å². The molecule has 6 heteroatoms. The quantitative estimate of drug-likeness (QED) is 0.535. The molecule has 0 atom stereocenters. The van der Waals surface area contributed by atoms with Gasteiger partial charge in [0.05, 0.1) is 35.2 Å². The van der Waals surface area contributed by atoms with Crippen LogP contribution in [0.15, 0.2) is 60.9 Å². The third-order valence-corrected chi connectivity index (χ3v) is 4.61. The molecule has 4 aromatic rings. The van der Waals surface area contributed by atoms with Crippen LogP contribution >= 0.6 is 0 Å². The molecule has 0 aliphatic heterocycles. The Morgan fingerprint density at radius 1 is 1.07 bits per heavy atom. The van der Waals surface area contributed by atoms with Crippen LogP contribution in [0.1, 0.15) is 22.8 Å². The molecular formula is C22H21N3O3. The molecule has 6 nitrogen and oxygen atoms in total. The summed E-state index contributed by atoms with van der Waals surface area (Å²) in [6.45, 7) is 2.97. The van der Waals surface area contributed by atoms with Gasteiger partial charge >= 0.3 is 0 Å². The highest BCUT2D eigenvalue weighted by Gasteiger charge is 2.19. The number of amides is 1. The number of benzene rings is 1. The van der Waals surface area contributed by atoms with Gasteiger partial charge in [-0.15, -0.1) is 0 Å². The van der Waals surface area contributed by atoms with Crippen molar-refractivity contribution in [3.05, 3.63) is 72.1 Å². The predicted octanol–water partition coefficient (Wildman–Crippen LogP) is 3.61. The van der Waals surface area contributed by atoms with Crippen LogP contribution in [0.25, 0.3) is 16.4 Å². The van der Waals surface area contributed by atoms with Gasteiger partial charge < -0.3 is 19.6 Å². The van der Waals surface area contributed by atoms with Crippen LogP contribution in [0.3, 0.4) is 0 Å². The number of aromatic nitrogens is 2. The van der Waals surface area contributed by atoms with Crippen molar-refractivity contribution in [2.45, 2.75) is 13.3 Å². The largest absolute Gasteiger partial charge is 0.493 e. The number of carbonyl (C=O) groups excluding carboxylic acids is 1. The summed E-state index contributed by atoms with van der Waals surface area (Å²) in [6.07, 6.45) is 4.39. The second-order valence-electron chi connectivity index (χ2n) is 6.38. The van der Waals surface area contributed by atoms with E-state index in [4.69, 9.17) is 15.2 Å². The molecular weight excluding hydrogens is 354 g/mol. The summed E-state index contributed by atoms with van der Waals surface area (Å²) >= 11 is 0. The SMILES string of the molecule is CCOc1ccc(CCOc2cccc3c2c(C(N)=O)c2ccccn23)cn1. The molecule has 3 heterocycles. The third kappa shape index (κ3) is 3.24. The second-order valence-corrected chi connectivity index (χ2v) is 6.38. The van der Waals surface area contributed by atoms with Crippen LogP contribution in [0, 0.1) is 0 Å². The fourth-order valence-corrected chi connectivity index (χ4v) is 3.40. The van der Waals surface area contributed by atoms with Crippen LogP contribution in [0.5, 0.6) is 11.6 Å². The van der Waals surface area contributed by atoms with Crippen LogP contribution in [-0.4, -0.2) is 28.5 Å². The molecule has 1 aromatic carbocycles. The van der Waals surface area contributed by atoms with Gasteiger partial charge in [-0.2, -0.15) is 0 Å². The van der Waals surface area contributed by atoms with Crippen molar-refractivity contribution in [2.75, 3.05) is 13.2 Å². The molecule has 0 aliphatic rings. The third-order valence-electron chi connectivity index (χ3n) is 4.61. The Hall–Kier alpha value is -3.54. The number of hydrogen-bond acceptors (Lipinski definition) is 4. The van der Waals surface area contributed by atoms with Gasteiger partial charge in [-0.1, -0.05) is 18.2 Å². The van der Waals surface area contributed by atoms with Gasteiger partial charge in [0.1, 0.15) is 5.75 Å². The molecule has 0 fully saturated rings. The molecule has 28 heavy (non-hydrogen) atoms. The van der Waals surface area contributed by atoms with Crippen LogP contribution < -0.4 is 15.2 Å². The van der Waals surface area contributed by atoms with E-state index in [9.17, 15) is 4.79 Å². The molecule has 0 saturated heterocycles. The van der Waals surface area contributed by atoms with E-state index in [-0.39, 0.29) is 0 Å². The maximum absolute atomic E-state index is 12.2. The Kier molecular flexibility index (Phi) is 4.85. The van der Waals surface area contributed by atoms with Crippen molar-refractivity contribution in [3.8, 4) is 11.6 Å². The number of fused-ring (bicyclic) bond motifs is 3. The number of pyridine rings is 2. The maximum Gasteiger partial charge on any atom is 0.251 e. The number of ether oxygens (including phenoxy) is 2. The average Bonchev–Trinajstić information content (AvgIpc) is 3.05. The normalized spacial score (nSPS) is 11.0. The van der Waals surface area contributed by atoms with Crippen LogP contribution in [0.4, 0.5) is 0 Å². The maximum atomic E-state index is 12.2. The summed E-state index contributed by atoms with van der Waals surface area (Å²) in [5.41, 5.74) is 8.89. The van der Waals surface area contributed by atoms with E-state index in [1.54, 1.807) is 6.20 Å². The summed E-state index contributed by atoms with van der Waals surface area (Å²) in [5.74, 6) is 0.794. The smallest absolute Gasteiger partial charge is 0.251 e. The molecule has 142 valence electrons. The lowest BCUT2D eigenvalue weighted by Crippen LogP contribution is -2.11. The number of nitrogens with two attached hydrogens (primary N) is 1. The minimum Gasteiger partial charge on any atom is -0.493 e. The highest BCUT2D eigenvalue weighted by molar-refractivity contribution is 6.15. The zero-order chi connectivity index (χ0) is 19.5. The van der Waals surface area contributed by atoms with Gasteiger partial charge in [0.25, 0.3) is 5.91 Å². The Morgan fingerprint density at radius 2 is 1.93 bits per heavy atom. The highest BCUT2D eigenvalue weighted by Crippen LogP contribution is 2.33. The summed E-state index contributed by atoms with van der Waals surface area (Å²) in [5, 5.41) is 0.742. The first-order valence-electron chi connectivity index (χ1n) is 9.21. The van der Waals surface area contributed by atoms with Crippen molar-refractivity contribution in [1.82, 2.24) is 9.38 Å². The molecule has 0 unspecified atom stereocenters. The number of primary amides is 1. The van der Waals surface area contributed by atoms with Crippen molar-refractivity contribution >= 4 is 22.3 Å². The second kappa shape index (κ2) is 7.60. The number of carbonyl (C=O) groups is 1. The predicted molar refractivity (Wildman–Crippen MR) is 108 cm³/mol. The Bertz CT molecular complexity index is 1130. The van der Waals surface area contributed by atoms with E-state index < -0.39 is 5.91 Å². The summed E-state index contributed by atoms with van der Waals surface area (Å²) in [7, 11) is 0. The topological polar surface area (TPSA) is 78.9 Å². The van der Waals surface area contributed by atoms with Gasteiger partial charge in [0.2, 0.25) is 5.88 Å².